The summed E-state index contributed by atoms with van der Waals surface area (Å²) in [6.45, 7) is 0.974. The Morgan fingerprint density at radius 1 is 1.15 bits per heavy atom. The number of alkyl halides is 3. The van der Waals surface area contributed by atoms with Crippen molar-refractivity contribution >= 4 is 33.6 Å². The summed E-state index contributed by atoms with van der Waals surface area (Å²) in [5, 5.41) is 17.0. The molecular weight excluding hydrogens is 453 g/mol. The van der Waals surface area contributed by atoms with E-state index >= 15 is 8.78 Å². The summed E-state index contributed by atoms with van der Waals surface area (Å²) in [4.78, 5) is 15.6. The van der Waals surface area contributed by atoms with Gasteiger partial charge in [-0.2, -0.15) is 18.3 Å². The van der Waals surface area contributed by atoms with Crippen molar-refractivity contribution in [1.29, 1.82) is 0 Å². The van der Waals surface area contributed by atoms with Crippen LogP contribution >= 0.6 is 0 Å². The molecule has 0 unspecified atom stereocenters. The van der Waals surface area contributed by atoms with Crippen LogP contribution in [0.2, 0.25) is 0 Å². The molecule has 0 saturated carbocycles. The summed E-state index contributed by atoms with van der Waals surface area (Å²) in [6, 6.07) is 5.77. The Kier molecular flexibility index (Phi) is 5.11. The fourth-order valence-corrected chi connectivity index (χ4v) is 3.31. The lowest BCUT2D eigenvalue weighted by molar-refractivity contribution is -0.189. The number of oxime groups is 1. The number of pyridine rings is 1. The van der Waals surface area contributed by atoms with Crippen molar-refractivity contribution in [3.63, 3.8) is 0 Å². The van der Waals surface area contributed by atoms with Gasteiger partial charge in [0, 0.05) is 32.8 Å². The van der Waals surface area contributed by atoms with Crippen LogP contribution in [0.4, 0.5) is 22.0 Å². The molecule has 0 amide bonds. The molecule has 13 heteroatoms. The number of H-pyrrole nitrogens is 1. The van der Waals surface area contributed by atoms with Crippen molar-refractivity contribution in [2.24, 2.45) is 10.9 Å². The van der Waals surface area contributed by atoms with Gasteiger partial charge in [0.25, 0.3) is 0 Å². The van der Waals surface area contributed by atoms with Crippen molar-refractivity contribution in [3.05, 3.63) is 53.2 Å². The van der Waals surface area contributed by atoms with Crippen LogP contribution in [-0.2, 0) is 4.79 Å². The number of halogens is 5. The molecule has 0 aliphatic rings. The van der Waals surface area contributed by atoms with Gasteiger partial charge in [-0.1, -0.05) is 29.4 Å². The van der Waals surface area contributed by atoms with Crippen molar-refractivity contribution in [3.8, 4) is 17.0 Å². The van der Waals surface area contributed by atoms with Crippen molar-refractivity contribution in [1.82, 2.24) is 15.2 Å². The van der Waals surface area contributed by atoms with Gasteiger partial charge >= 0.3 is 12.1 Å². The minimum atomic E-state index is -5.42. The van der Waals surface area contributed by atoms with E-state index in [0.29, 0.717) is 5.56 Å². The molecule has 0 bridgehead atoms. The molecule has 4 N–H and O–H groups in total. The van der Waals surface area contributed by atoms with Gasteiger partial charge in [0.05, 0.1) is 11.9 Å². The van der Waals surface area contributed by atoms with Crippen LogP contribution in [0.1, 0.15) is 11.1 Å². The van der Waals surface area contributed by atoms with Gasteiger partial charge in [-0.25, -0.2) is 18.6 Å². The van der Waals surface area contributed by atoms with E-state index in [0.717, 1.165) is 13.1 Å². The Morgan fingerprint density at radius 3 is 2.42 bits per heavy atom. The Labute approximate surface area is 180 Å². The Balaban J connectivity index is 2.03. The number of benzene rings is 2. The molecule has 0 saturated heterocycles. The molecule has 0 spiro atoms. The fourth-order valence-electron chi connectivity index (χ4n) is 3.31. The molecule has 33 heavy (non-hydrogen) atoms. The molecule has 2 heterocycles. The monoisotopic (exact) mass is 465 g/mol. The second-order valence-electron chi connectivity index (χ2n) is 6.87. The molecule has 0 radical (unpaired) electrons. The van der Waals surface area contributed by atoms with Gasteiger partial charge < -0.3 is 15.7 Å². The molecule has 0 fully saturated rings. The Bertz CT molecular complexity index is 1450. The lowest BCUT2D eigenvalue weighted by Gasteiger charge is -2.16. The lowest BCUT2D eigenvalue weighted by Crippen LogP contribution is -2.28. The number of esters is 1. The highest BCUT2D eigenvalue weighted by molar-refractivity contribution is 6.11. The van der Waals surface area contributed by atoms with Crippen molar-refractivity contribution in [2.45, 2.75) is 13.1 Å². The third-order valence-electron chi connectivity index (χ3n) is 4.90. The summed E-state index contributed by atoms with van der Waals surface area (Å²) in [6.07, 6.45) is -4.30. The molecule has 2 aromatic carbocycles. The van der Waals surface area contributed by atoms with E-state index in [2.05, 4.69) is 25.1 Å². The summed E-state index contributed by atoms with van der Waals surface area (Å²) in [5.74, 6) is -6.59. The molecule has 2 aromatic heterocycles. The number of hydrogen-bond acceptors (Lipinski definition) is 6. The summed E-state index contributed by atoms with van der Waals surface area (Å²) >= 11 is 0. The van der Waals surface area contributed by atoms with Crippen LogP contribution in [0.25, 0.3) is 33.1 Å². The largest absolute Gasteiger partial charge is 0.491 e. The van der Waals surface area contributed by atoms with E-state index in [9.17, 15) is 18.0 Å². The SMILES string of the molecule is Cc1c(OC(=O)C(F)(F)F)c(F)c2c(c(-c3ccc(C(N)=NO)cc3)nc3[nH]ncc32)c1F. The molecule has 0 aliphatic heterocycles. The number of aromatic nitrogens is 3. The van der Waals surface area contributed by atoms with E-state index < -0.39 is 40.5 Å². The second-order valence-corrected chi connectivity index (χ2v) is 6.87. The van der Waals surface area contributed by atoms with Gasteiger partial charge in [0.1, 0.15) is 5.82 Å². The maximum atomic E-state index is 15.4. The number of nitrogens with two attached hydrogens (primary N) is 1. The number of ether oxygens (including phenoxy) is 1. The smallest absolute Gasteiger partial charge is 0.416 e. The summed E-state index contributed by atoms with van der Waals surface area (Å²) < 4.78 is 73.1. The molecule has 4 aromatic rings. The third kappa shape index (κ3) is 3.56. The highest BCUT2D eigenvalue weighted by atomic mass is 19.4. The highest BCUT2D eigenvalue weighted by Gasteiger charge is 2.42. The van der Waals surface area contributed by atoms with E-state index in [1.54, 1.807) is 0 Å². The maximum absolute atomic E-state index is 15.4. The van der Waals surface area contributed by atoms with Crippen LogP contribution in [0.3, 0.4) is 0 Å². The molecule has 0 aliphatic carbocycles. The summed E-state index contributed by atoms with van der Waals surface area (Å²) in [7, 11) is 0. The third-order valence-corrected chi connectivity index (χ3v) is 4.90. The number of hydrogen-bond donors (Lipinski definition) is 3. The molecule has 170 valence electrons. The van der Waals surface area contributed by atoms with Gasteiger partial charge in [-0.15, -0.1) is 0 Å². The molecule has 0 atom stereocenters. The number of amidine groups is 1. The first-order valence-corrected chi connectivity index (χ1v) is 9.06. The molecule has 4 rings (SSSR count). The van der Waals surface area contributed by atoms with Crippen LogP contribution < -0.4 is 10.5 Å². The highest BCUT2D eigenvalue weighted by Crippen LogP contribution is 2.41. The van der Waals surface area contributed by atoms with E-state index in [1.165, 1.54) is 24.3 Å². The number of fused-ring (bicyclic) bond motifs is 3. The normalized spacial score (nSPS) is 12.5. The second kappa shape index (κ2) is 7.69. The quantitative estimate of drug-likeness (QED) is 0.0801. The van der Waals surface area contributed by atoms with E-state index in [1.807, 2.05) is 0 Å². The summed E-state index contributed by atoms with van der Waals surface area (Å²) in [5.41, 5.74) is 5.42. The lowest BCUT2D eigenvalue weighted by atomic mass is 9.97. The number of aromatic amines is 1. The average Bonchev–Trinajstić information content (AvgIpc) is 3.26. The average molecular weight is 465 g/mol. The minimum Gasteiger partial charge on any atom is -0.416 e. The zero-order valence-electron chi connectivity index (χ0n) is 16.5. The number of rotatable bonds is 3. The van der Waals surface area contributed by atoms with Crippen molar-refractivity contribution in [2.75, 3.05) is 0 Å². The predicted molar refractivity (Wildman–Crippen MR) is 106 cm³/mol. The molecule has 8 nitrogen and oxygen atoms in total. The standard InChI is InChI=1S/C20H12F5N5O3/c1-7-13(21)12-11(14(22)16(7)33-19(31)20(23,24)25)10-6-27-29-18(10)28-15(12)8-2-4-9(5-3-8)17(26)30-32/h2-6,32H,1H3,(H2,26,30)(H,27,28,29). The number of nitrogens with zero attached hydrogens (tertiary/aromatic N) is 3. The first-order valence-electron chi connectivity index (χ1n) is 9.06. The zero-order valence-corrected chi connectivity index (χ0v) is 16.5. The Hall–Kier alpha value is -4.29. The maximum Gasteiger partial charge on any atom is 0.491 e. The van der Waals surface area contributed by atoms with Crippen LogP contribution in [0, 0.1) is 18.6 Å². The van der Waals surface area contributed by atoms with Crippen LogP contribution in [0.5, 0.6) is 5.75 Å². The fraction of sp³-hybridized carbons (Fsp3) is 0.100. The van der Waals surface area contributed by atoms with Gasteiger partial charge in [0.2, 0.25) is 0 Å². The minimum absolute atomic E-state index is 0.00765. The van der Waals surface area contributed by atoms with Gasteiger partial charge in [-0.05, 0) is 6.92 Å². The van der Waals surface area contributed by atoms with Gasteiger partial charge in [-0.3, -0.25) is 5.10 Å². The topological polar surface area (TPSA) is 126 Å². The first kappa shape index (κ1) is 21.9. The van der Waals surface area contributed by atoms with Crippen LogP contribution in [0.15, 0.2) is 35.6 Å². The van der Waals surface area contributed by atoms with E-state index in [-0.39, 0.29) is 33.5 Å². The number of nitrogens with one attached hydrogen (secondary N) is 1. The number of carbonyl (C=O) groups is 1. The first-order chi connectivity index (χ1) is 15.5. The van der Waals surface area contributed by atoms with E-state index in [4.69, 9.17) is 10.9 Å². The molecular formula is C20H12F5N5O3. The van der Waals surface area contributed by atoms with Crippen LogP contribution in [-0.4, -0.2) is 38.4 Å². The number of carbonyl (C=O) groups excluding carboxylic acids is 1. The zero-order chi connectivity index (χ0) is 24.1. The Morgan fingerprint density at radius 2 is 1.82 bits per heavy atom. The predicted octanol–water partition coefficient (Wildman–Crippen LogP) is 3.93. The van der Waals surface area contributed by atoms with Gasteiger partial charge in [0.15, 0.2) is 23.0 Å². The van der Waals surface area contributed by atoms with Crippen molar-refractivity contribution < 1.29 is 36.7 Å².